The Labute approximate surface area is 80.6 Å². The quantitative estimate of drug-likeness (QED) is 0.649. The third-order valence-electron chi connectivity index (χ3n) is 3.12. The van der Waals surface area contributed by atoms with E-state index < -0.39 is 0 Å². The Balaban J connectivity index is 2.11. The van der Waals surface area contributed by atoms with Crippen LogP contribution in [0, 0.1) is 0 Å². The van der Waals surface area contributed by atoms with E-state index in [-0.39, 0.29) is 0 Å². The maximum Gasteiger partial charge on any atom is 0.115 e. The summed E-state index contributed by atoms with van der Waals surface area (Å²) in [6.45, 7) is 2.50. The number of methoxy groups -OCH3 is 1. The van der Waals surface area contributed by atoms with E-state index in [9.17, 15) is 0 Å². The van der Waals surface area contributed by atoms with Gasteiger partial charge in [0.05, 0.1) is 12.8 Å². The molecule has 13 heavy (non-hydrogen) atoms. The summed E-state index contributed by atoms with van der Waals surface area (Å²) in [5, 5.41) is 0. The lowest BCUT2D eigenvalue weighted by Crippen LogP contribution is -2.22. The van der Waals surface area contributed by atoms with Crippen molar-refractivity contribution in [1.29, 1.82) is 0 Å². The number of rotatable bonds is 2. The maximum absolute atomic E-state index is 5.45. The van der Waals surface area contributed by atoms with Crippen molar-refractivity contribution in [3.8, 4) is 0 Å². The minimum atomic E-state index is 1.16. The van der Waals surface area contributed by atoms with Crippen LogP contribution in [0.4, 0.5) is 0 Å². The van der Waals surface area contributed by atoms with Crippen LogP contribution >= 0.6 is 0 Å². The number of nitrogens with zero attached hydrogens (tertiary/aromatic N) is 1. The zero-order valence-electron chi connectivity index (χ0n) is 8.51. The largest absolute Gasteiger partial charge is 0.499 e. The molecule has 74 valence electrons. The zero-order valence-corrected chi connectivity index (χ0v) is 8.51. The Hall–Kier alpha value is -0.660. The Kier molecular flexibility index (Phi) is 2.77. The van der Waals surface area contributed by atoms with Gasteiger partial charge in [-0.1, -0.05) is 0 Å². The van der Waals surface area contributed by atoms with Crippen LogP contribution in [0.25, 0.3) is 0 Å². The van der Waals surface area contributed by atoms with Gasteiger partial charge in [0.25, 0.3) is 0 Å². The van der Waals surface area contributed by atoms with E-state index in [4.69, 9.17) is 4.74 Å². The van der Waals surface area contributed by atoms with Crippen molar-refractivity contribution in [3.05, 3.63) is 11.5 Å². The molecule has 0 unspecified atom stereocenters. The van der Waals surface area contributed by atoms with Crippen LogP contribution < -0.4 is 0 Å². The molecule has 0 atom stereocenters. The molecule has 1 heterocycles. The molecule has 0 aromatic heterocycles. The molecule has 0 N–H and O–H groups in total. The SMILES string of the molecule is COC1=C(N2CCCC2)CCCC1. The molecule has 0 radical (unpaired) electrons. The van der Waals surface area contributed by atoms with Gasteiger partial charge >= 0.3 is 0 Å². The van der Waals surface area contributed by atoms with E-state index in [1.165, 1.54) is 56.6 Å². The lowest BCUT2D eigenvalue weighted by molar-refractivity contribution is 0.234. The Bertz CT molecular complexity index is 204. The second-order valence-corrected chi connectivity index (χ2v) is 3.98. The van der Waals surface area contributed by atoms with Crippen LogP contribution in [0.15, 0.2) is 11.5 Å². The summed E-state index contributed by atoms with van der Waals surface area (Å²) in [6.07, 6.45) is 7.77. The molecule has 2 heteroatoms. The van der Waals surface area contributed by atoms with Crippen molar-refractivity contribution in [2.24, 2.45) is 0 Å². The van der Waals surface area contributed by atoms with Gasteiger partial charge in [-0.25, -0.2) is 0 Å². The Morgan fingerprint density at radius 1 is 1.00 bits per heavy atom. The minimum absolute atomic E-state index is 1.16. The first-order chi connectivity index (χ1) is 6.42. The Morgan fingerprint density at radius 2 is 1.69 bits per heavy atom. The van der Waals surface area contributed by atoms with Crippen LogP contribution in [-0.2, 0) is 4.74 Å². The highest BCUT2D eigenvalue weighted by molar-refractivity contribution is 5.11. The lowest BCUT2D eigenvalue weighted by Gasteiger charge is -2.27. The van der Waals surface area contributed by atoms with Crippen LogP contribution in [0.3, 0.4) is 0 Å². The molecule has 2 aliphatic rings. The third-order valence-corrected chi connectivity index (χ3v) is 3.12. The molecule has 1 fully saturated rings. The highest BCUT2D eigenvalue weighted by Gasteiger charge is 2.21. The normalized spacial score (nSPS) is 23.9. The van der Waals surface area contributed by atoms with Crippen molar-refractivity contribution < 1.29 is 4.74 Å². The monoisotopic (exact) mass is 181 g/mol. The molecular weight excluding hydrogens is 162 g/mol. The average Bonchev–Trinajstić information content (AvgIpc) is 2.70. The van der Waals surface area contributed by atoms with E-state index in [0.717, 1.165) is 6.42 Å². The highest BCUT2D eigenvalue weighted by atomic mass is 16.5. The van der Waals surface area contributed by atoms with E-state index in [0.29, 0.717) is 0 Å². The van der Waals surface area contributed by atoms with Crippen molar-refractivity contribution in [1.82, 2.24) is 4.90 Å². The number of likely N-dealkylation sites (tertiary alicyclic amines) is 1. The number of allylic oxidation sites excluding steroid dienone is 2. The number of hydrogen-bond acceptors (Lipinski definition) is 2. The molecule has 0 spiro atoms. The second-order valence-electron chi connectivity index (χ2n) is 3.98. The first-order valence-corrected chi connectivity index (χ1v) is 5.43. The molecule has 2 rings (SSSR count). The molecule has 0 saturated carbocycles. The van der Waals surface area contributed by atoms with Gasteiger partial charge in [-0.2, -0.15) is 0 Å². The molecule has 2 nitrogen and oxygen atoms in total. The smallest absolute Gasteiger partial charge is 0.115 e. The molecule has 1 aliphatic carbocycles. The van der Waals surface area contributed by atoms with E-state index >= 15 is 0 Å². The summed E-state index contributed by atoms with van der Waals surface area (Å²) in [7, 11) is 1.82. The van der Waals surface area contributed by atoms with Gasteiger partial charge in [-0.3, -0.25) is 0 Å². The molecule has 0 amide bonds. The van der Waals surface area contributed by atoms with Crippen molar-refractivity contribution in [3.63, 3.8) is 0 Å². The topological polar surface area (TPSA) is 12.5 Å². The molecule has 0 bridgehead atoms. The fourth-order valence-electron chi connectivity index (χ4n) is 2.40. The van der Waals surface area contributed by atoms with Gasteiger partial charge in [-0.05, 0) is 32.1 Å². The van der Waals surface area contributed by atoms with Crippen molar-refractivity contribution in [2.75, 3.05) is 20.2 Å². The zero-order chi connectivity index (χ0) is 9.10. The van der Waals surface area contributed by atoms with Crippen LogP contribution in [0.1, 0.15) is 38.5 Å². The highest BCUT2D eigenvalue weighted by Crippen LogP contribution is 2.29. The summed E-state index contributed by atoms with van der Waals surface area (Å²) in [6, 6.07) is 0. The van der Waals surface area contributed by atoms with E-state index in [1.807, 2.05) is 7.11 Å². The predicted octanol–water partition coefficient (Wildman–Crippen LogP) is 2.51. The van der Waals surface area contributed by atoms with E-state index in [1.54, 1.807) is 0 Å². The van der Waals surface area contributed by atoms with Crippen molar-refractivity contribution >= 4 is 0 Å². The second kappa shape index (κ2) is 4.03. The summed E-state index contributed by atoms with van der Waals surface area (Å²) in [4.78, 5) is 2.53. The first-order valence-electron chi connectivity index (χ1n) is 5.43. The van der Waals surface area contributed by atoms with Gasteiger partial charge in [0.15, 0.2) is 0 Å². The summed E-state index contributed by atoms with van der Waals surface area (Å²) in [5.74, 6) is 1.26. The van der Waals surface area contributed by atoms with Gasteiger partial charge in [0.1, 0.15) is 5.76 Å². The molecule has 0 aromatic rings. The summed E-state index contributed by atoms with van der Waals surface area (Å²) in [5.41, 5.74) is 1.51. The number of hydrogen-bond donors (Lipinski definition) is 0. The minimum Gasteiger partial charge on any atom is -0.499 e. The fraction of sp³-hybridized carbons (Fsp3) is 0.818. The van der Waals surface area contributed by atoms with Gasteiger partial charge in [0.2, 0.25) is 0 Å². The summed E-state index contributed by atoms with van der Waals surface area (Å²) >= 11 is 0. The number of ether oxygens (including phenoxy) is 1. The van der Waals surface area contributed by atoms with Crippen molar-refractivity contribution in [2.45, 2.75) is 38.5 Å². The predicted molar refractivity (Wildman–Crippen MR) is 53.3 cm³/mol. The van der Waals surface area contributed by atoms with Crippen LogP contribution in [-0.4, -0.2) is 25.1 Å². The first kappa shape index (κ1) is 8.92. The average molecular weight is 181 g/mol. The standard InChI is InChI=1S/C11H19NO/c1-13-11-7-3-2-6-10(11)12-8-4-5-9-12/h2-9H2,1H3. The van der Waals surface area contributed by atoms with Crippen LogP contribution in [0.2, 0.25) is 0 Å². The lowest BCUT2D eigenvalue weighted by atomic mass is 10.0. The molecule has 1 aliphatic heterocycles. The van der Waals surface area contributed by atoms with Gasteiger partial charge in [0, 0.05) is 19.5 Å². The third kappa shape index (κ3) is 1.82. The molecular formula is C11H19NO. The van der Waals surface area contributed by atoms with Crippen LogP contribution in [0.5, 0.6) is 0 Å². The molecule has 0 aromatic carbocycles. The maximum atomic E-state index is 5.45. The Morgan fingerprint density at radius 3 is 2.38 bits per heavy atom. The van der Waals surface area contributed by atoms with Gasteiger partial charge in [-0.15, -0.1) is 0 Å². The van der Waals surface area contributed by atoms with E-state index in [2.05, 4.69) is 4.90 Å². The summed E-state index contributed by atoms with van der Waals surface area (Å²) < 4.78 is 5.45. The molecule has 1 saturated heterocycles. The van der Waals surface area contributed by atoms with Gasteiger partial charge < -0.3 is 9.64 Å². The fourth-order valence-corrected chi connectivity index (χ4v) is 2.40.